The highest BCUT2D eigenvalue weighted by Crippen LogP contribution is 2.35. The second kappa shape index (κ2) is 12.6. The lowest BCUT2D eigenvalue weighted by Gasteiger charge is -2.32. The minimum Gasteiger partial charge on any atom is -0.495 e. The van der Waals surface area contributed by atoms with Gasteiger partial charge in [-0.15, -0.1) is 5.10 Å². The monoisotopic (exact) mass is 612 g/mol. The number of carbonyl (C=O) groups is 1. The molecule has 0 unspecified atom stereocenters. The van der Waals surface area contributed by atoms with E-state index in [0.29, 0.717) is 46.9 Å². The molecule has 5 aromatic rings. The summed E-state index contributed by atoms with van der Waals surface area (Å²) >= 11 is 0. The van der Waals surface area contributed by atoms with Crippen LogP contribution in [0, 0.1) is 18.6 Å². The molecule has 1 aliphatic heterocycles. The first-order valence-electron chi connectivity index (χ1n) is 14.2. The number of anilines is 3. The van der Waals surface area contributed by atoms with E-state index < -0.39 is 11.6 Å². The van der Waals surface area contributed by atoms with Gasteiger partial charge in [-0.2, -0.15) is 0 Å². The van der Waals surface area contributed by atoms with Gasteiger partial charge in [0, 0.05) is 60.7 Å². The Bertz CT molecular complexity index is 1890. The van der Waals surface area contributed by atoms with Crippen molar-refractivity contribution in [3.8, 4) is 23.1 Å². The summed E-state index contributed by atoms with van der Waals surface area (Å²) in [5.41, 5.74) is 2.53. The van der Waals surface area contributed by atoms with Crippen molar-refractivity contribution in [3.63, 3.8) is 0 Å². The highest BCUT2D eigenvalue weighted by atomic mass is 19.1. The van der Waals surface area contributed by atoms with Crippen LogP contribution >= 0.6 is 0 Å². The van der Waals surface area contributed by atoms with Crippen molar-refractivity contribution in [1.82, 2.24) is 29.6 Å². The minimum absolute atomic E-state index is 0.0383. The molecule has 0 saturated carbocycles. The van der Waals surface area contributed by atoms with Gasteiger partial charge in [-0.3, -0.25) is 9.78 Å². The van der Waals surface area contributed by atoms with E-state index in [1.165, 1.54) is 41.5 Å². The van der Waals surface area contributed by atoms with Gasteiger partial charge in [0.2, 0.25) is 11.8 Å². The molecule has 6 rings (SSSR count). The van der Waals surface area contributed by atoms with Crippen molar-refractivity contribution in [2.45, 2.75) is 25.8 Å². The van der Waals surface area contributed by atoms with Gasteiger partial charge in [0.25, 0.3) is 0 Å². The summed E-state index contributed by atoms with van der Waals surface area (Å²) in [6.45, 7) is 6.40. The van der Waals surface area contributed by atoms with Crippen LogP contribution in [0.2, 0.25) is 0 Å². The molecular formula is C32H30F2N8O3. The number of carbonyl (C=O) groups excluding carboxylic acids is 1. The lowest BCUT2D eigenvalue weighted by atomic mass is 10.0. The van der Waals surface area contributed by atoms with Crippen molar-refractivity contribution in [2.24, 2.45) is 0 Å². The van der Waals surface area contributed by atoms with Crippen molar-refractivity contribution in [2.75, 3.05) is 30.8 Å². The number of pyridine rings is 1. The molecule has 0 radical (unpaired) electrons. The number of fused-ring (bicyclic) bond motifs is 1. The Kier molecular flexibility index (Phi) is 8.23. The number of likely N-dealkylation sites (tertiary alicyclic amines) is 1. The second-order valence-corrected chi connectivity index (χ2v) is 10.5. The van der Waals surface area contributed by atoms with E-state index in [2.05, 4.69) is 37.3 Å². The first-order valence-corrected chi connectivity index (χ1v) is 14.2. The van der Waals surface area contributed by atoms with Crippen LogP contribution in [-0.4, -0.2) is 61.8 Å². The fraction of sp³-hybridized carbons (Fsp3) is 0.219. The Morgan fingerprint density at radius 2 is 1.87 bits per heavy atom. The zero-order valence-electron chi connectivity index (χ0n) is 24.6. The molecule has 1 amide bonds. The number of hydrogen-bond donors (Lipinski definition) is 2. The molecule has 0 atom stereocenters. The van der Waals surface area contributed by atoms with E-state index in [1.807, 2.05) is 12.1 Å². The maximum absolute atomic E-state index is 15.2. The van der Waals surface area contributed by atoms with Gasteiger partial charge in [-0.1, -0.05) is 6.58 Å². The summed E-state index contributed by atoms with van der Waals surface area (Å²) in [5, 5.41) is 11.7. The smallest absolute Gasteiger partial charge is 0.245 e. The molecular weight excluding hydrogens is 582 g/mol. The molecule has 11 nitrogen and oxygen atoms in total. The number of nitrogens with one attached hydrogen (secondary N) is 2. The quantitative estimate of drug-likeness (QED) is 0.195. The van der Waals surface area contributed by atoms with Crippen molar-refractivity contribution in [1.29, 1.82) is 0 Å². The molecule has 45 heavy (non-hydrogen) atoms. The molecule has 1 aliphatic rings. The van der Waals surface area contributed by atoms with Gasteiger partial charge in [0.05, 0.1) is 35.9 Å². The number of benzene rings is 2. The SMILES string of the molecule is C=CC(=O)N1CCC(Nc2cc3c(Nc4ccc(Oc5ccn(-c6cnc(C)c(F)c6)n5)c(F)c4)ncnc3cc2OC)CC1. The standard InChI is InChI=1S/C32H30F2N8O3/c1-4-31(43)41-10-7-20(8-11-41)38-27-15-23-26(16-29(27)44-3)36-18-37-32(23)39-21-5-6-28(25(34)13-21)45-30-9-12-42(40-30)22-14-24(33)19(2)35-17-22/h4-6,9,12-18,20,38H,1,7-8,10-11H2,2-3H3,(H,36,37,39). The largest absolute Gasteiger partial charge is 0.495 e. The Morgan fingerprint density at radius 3 is 2.60 bits per heavy atom. The molecule has 3 aromatic heterocycles. The van der Waals surface area contributed by atoms with Crippen molar-refractivity contribution in [3.05, 3.63) is 91.2 Å². The predicted octanol–water partition coefficient (Wildman–Crippen LogP) is 5.93. The zero-order chi connectivity index (χ0) is 31.5. The molecule has 0 spiro atoms. The number of aromatic nitrogens is 5. The predicted molar refractivity (Wildman–Crippen MR) is 165 cm³/mol. The van der Waals surface area contributed by atoms with Crippen molar-refractivity contribution >= 4 is 34.0 Å². The average Bonchev–Trinajstić information content (AvgIpc) is 3.52. The van der Waals surface area contributed by atoms with E-state index in [4.69, 9.17) is 9.47 Å². The number of rotatable bonds is 9. The normalized spacial score (nSPS) is 13.5. The maximum Gasteiger partial charge on any atom is 0.245 e. The fourth-order valence-electron chi connectivity index (χ4n) is 5.10. The van der Waals surface area contributed by atoms with Crippen LogP contribution < -0.4 is 20.1 Å². The number of nitrogens with zero attached hydrogens (tertiary/aromatic N) is 6. The topological polar surface area (TPSA) is 119 Å². The van der Waals surface area contributed by atoms with E-state index in [1.54, 1.807) is 37.3 Å². The van der Waals surface area contributed by atoms with Crippen LogP contribution in [0.5, 0.6) is 17.4 Å². The first kappa shape index (κ1) is 29.5. The Labute approximate surface area is 257 Å². The Morgan fingerprint density at radius 1 is 1.04 bits per heavy atom. The molecule has 2 N–H and O–H groups in total. The van der Waals surface area contributed by atoms with Gasteiger partial charge in [0.15, 0.2) is 11.6 Å². The molecule has 2 aromatic carbocycles. The molecule has 4 heterocycles. The highest BCUT2D eigenvalue weighted by Gasteiger charge is 2.23. The number of amides is 1. The zero-order valence-corrected chi connectivity index (χ0v) is 24.6. The molecule has 0 bridgehead atoms. The summed E-state index contributed by atoms with van der Waals surface area (Å²) in [5.74, 6) is 0.0410. The van der Waals surface area contributed by atoms with Gasteiger partial charge < -0.3 is 25.0 Å². The summed E-state index contributed by atoms with van der Waals surface area (Å²) in [7, 11) is 1.59. The third kappa shape index (κ3) is 6.37. The van der Waals surface area contributed by atoms with E-state index in [9.17, 15) is 9.18 Å². The number of aryl methyl sites for hydroxylation is 1. The summed E-state index contributed by atoms with van der Waals surface area (Å²) < 4.78 is 41.8. The van der Waals surface area contributed by atoms with Crippen LogP contribution in [-0.2, 0) is 4.79 Å². The van der Waals surface area contributed by atoms with E-state index in [0.717, 1.165) is 18.5 Å². The van der Waals surface area contributed by atoms with Crippen LogP contribution in [0.3, 0.4) is 0 Å². The number of ether oxygens (including phenoxy) is 2. The van der Waals surface area contributed by atoms with Crippen LogP contribution in [0.1, 0.15) is 18.5 Å². The van der Waals surface area contributed by atoms with Crippen LogP contribution in [0.4, 0.5) is 26.0 Å². The van der Waals surface area contributed by atoms with Crippen molar-refractivity contribution < 1.29 is 23.0 Å². The lowest BCUT2D eigenvalue weighted by Crippen LogP contribution is -2.41. The summed E-state index contributed by atoms with van der Waals surface area (Å²) in [4.78, 5) is 26.5. The fourth-order valence-corrected chi connectivity index (χ4v) is 5.10. The third-order valence-corrected chi connectivity index (χ3v) is 7.55. The molecule has 1 fully saturated rings. The second-order valence-electron chi connectivity index (χ2n) is 10.5. The average molecular weight is 613 g/mol. The summed E-state index contributed by atoms with van der Waals surface area (Å²) in [6.07, 6.45) is 7.35. The number of hydrogen-bond acceptors (Lipinski definition) is 9. The molecule has 0 aliphatic carbocycles. The van der Waals surface area contributed by atoms with Gasteiger partial charge in [0.1, 0.15) is 23.7 Å². The Hall–Kier alpha value is -5.59. The first-order chi connectivity index (χ1) is 21.8. The summed E-state index contributed by atoms with van der Waals surface area (Å²) in [6, 6.07) is 11.1. The van der Waals surface area contributed by atoms with Gasteiger partial charge >= 0.3 is 0 Å². The third-order valence-electron chi connectivity index (χ3n) is 7.55. The van der Waals surface area contributed by atoms with E-state index in [-0.39, 0.29) is 29.3 Å². The van der Waals surface area contributed by atoms with Gasteiger partial charge in [-0.05, 0) is 44.0 Å². The number of halogens is 2. The number of methoxy groups -OCH3 is 1. The Balaban J connectivity index is 1.18. The maximum atomic E-state index is 15.2. The molecule has 13 heteroatoms. The number of piperidine rings is 1. The highest BCUT2D eigenvalue weighted by molar-refractivity contribution is 5.95. The minimum atomic E-state index is -0.624. The molecule has 1 saturated heterocycles. The van der Waals surface area contributed by atoms with Gasteiger partial charge in [-0.25, -0.2) is 23.4 Å². The molecule has 230 valence electrons. The van der Waals surface area contributed by atoms with Crippen LogP contribution in [0.25, 0.3) is 16.6 Å². The lowest BCUT2D eigenvalue weighted by molar-refractivity contribution is -0.126. The van der Waals surface area contributed by atoms with Crippen LogP contribution in [0.15, 0.2) is 73.8 Å². The van der Waals surface area contributed by atoms with E-state index >= 15 is 4.39 Å².